The normalized spacial score (nSPS) is 18.0. The van der Waals surface area contributed by atoms with E-state index in [1.807, 2.05) is 12.3 Å². The summed E-state index contributed by atoms with van der Waals surface area (Å²) in [6.07, 6.45) is 1.27. The van der Waals surface area contributed by atoms with Crippen molar-refractivity contribution in [3.05, 3.63) is 16.1 Å². The molecule has 7 heteroatoms. The average Bonchev–Trinajstić information content (AvgIpc) is 2.85. The maximum atomic E-state index is 12.6. The van der Waals surface area contributed by atoms with E-state index in [1.54, 1.807) is 13.8 Å². The number of amides is 4. The molecule has 2 heterocycles. The van der Waals surface area contributed by atoms with Crippen molar-refractivity contribution < 1.29 is 14.4 Å². The van der Waals surface area contributed by atoms with E-state index in [1.165, 1.54) is 11.3 Å². The molecule has 0 saturated carbocycles. The van der Waals surface area contributed by atoms with E-state index in [0.29, 0.717) is 19.3 Å². The summed E-state index contributed by atoms with van der Waals surface area (Å²) < 4.78 is 0. The molecule has 1 aromatic heterocycles. The van der Waals surface area contributed by atoms with E-state index < -0.39 is 23.3 Å². The second kappa shape index (κ2) is 5.93. The Hall–Kier alpha value is -1.76. The van der Waals surface area contributed by atoms with Gasteiger partial charge in [0.1, 0.15) is 5.41 Å². The van der Waals surface area contributed by atoms with Crippen LogP contribution in [-0.4, -0.2) is 34.3 Å². The van der Waals surface area contributed by atoms with Gasteiger partial charge in [-0.25, -0.2) is 9.78 Å². The fourth-order valence-electron chi connectivity index (χ4n) is 2.56. The summed E-state index contributed by atoms with van der Waals surface area (Å²) in [6, 6.07) is -0.630. The highest BCUT2D eigenvalue weighted by atomic mass is 32.1. The van der Waals surface area contributed by atoms with Crippen molar-refractivity contribution in [2.75, 3.05) is 6.54 Å². The smallest absolute Gasteiger partial charge is 0.277 e. The molecule has 114 valence electrons. The fourth-order valence-corrected chi connectivity index (χ4v) is 3.21. The number of aryl methyl sites for hydroxylation is 1. The quantitative estimate of drug-likeness (QED) is 0.842. The maximum Gasteiger partial charge on any atom is 0.330 e. The van der Waals surface area contributed by atoms with Crippen molar-refractivity contribution in [2.24, 2.45) is 5.41 Å². The monoisotopic (exact) mass is 309 g/mol. The first-order chi connectivity index (χ1) is 9.94. The van der Waals surface area contributed by atoms with Crippen LogP contribution < -0.4 is 5.32 Å². The number of aromatic nitrogens is 1. The second-order valence-corrected chi connectivity index (χ2v) is 6.18. The lowest BCUT2D eigenvalue weighted by atomic mass is 9.78. The number of hydrogen-bond acceptors (Lipinski definition) is 5. The number of barbiturate groups is 1. The van der Waals surface area contributed by atoms with Crippen LogP contribution in [0.2, 0.25) is 0 Å². The van der Waals surface area contributed by atoms with Crippen LogP contribution in [0.1, 0.15) is 37.4 Å². The van der Waals surface area contributed by atoms with E-state index in [0.717, 1.165) is 15.6 Å². The lowest BCUT2D eigenvalue weighted by Crippen LogP contribution is -2.63. The number of nitrogens with one attached hydrogen (secondary N) is 1. The van der Waals surface area contributed by atoms with Crippen molar-refractivity contribution in [1.82, 2.24) is 15.2 Å². The van der Waals surface area contributed by atoms with Gasteiger partial charge in [0.2, 0.25) is 11.8 Å². The number of hydrogen-bond donors (Lipinski definition) is 1. The van der Waals surface area contributed by atoms with Gasteiger partial charge in [0, 0.05) is 18.3 Å². The summed E-state index contributed by atoms with van der Waals surface area (Å²) in [5.41, 5.74) is -0.264. The third-order valence-corrected chi connectivity index (χ3v) is 4.84. The minimum Gasteiger partial charge on any atom is -0.277 e. The molecule has 1 fully saturated rings. The lowest BCUT2D eigenvalue weighted by Gasteiger charge is -2.38. The van der Waals surface area contributed by atoms with Crippen molar-refractivity contribution in [2.45, 2.75) is 40.0 Å². The third kappa shape index (κ3) is 2.70. The highest BCUT2D eigenvalue weighted by Gasteiger charge is 2.51. The maximum absolute atomic E-state index is 12.6. The van der Waals surface area contributed by atoms with Crippen LogP contribution >= 0.6 is 11.3 Å². The van der Waals surface area contributed by atoms with Gasteiger partial charge in [-0.1, -0.05) is 13.8 Å². The first-order valence-electron chi connectivity index (χ1n) is 7.03. The van der Waals surface area contributed by atoms with E-state index in [9.17, 15) is 14.4 Å². The summed E-state index contributed by atoms with van der Waals surface area (Å²) in [7, 11) is 0. The predicted molar refractivity (Wildman–Crippen MR) is 78.8 cm³/mol. The van der Waals surface area contributed by atoms with Crippen LogP contribution in [0.4, 0.5) is 4.79 Å². The van der Waals surface area contributed by atoms with Gasteiger partial charge in [0.25, 0.3) is 0 Å². The van der Waals surface area contributed by atoms with E-state index in [2.05, 4.69) is 10.3 Å². The minimum atomic E-state index is -1.12. The molecule has 0 aromatic carbocycles. The Morgan fingerprint density at radius 2 is 1.95 bits per heavy atom. The van der Waals surface area contributed by atoms with Crippen molar-refractivity contribution in [1.29, 1.82) is 0 Å². The summed E-state index contributed by atoms with van der Waals surface area (Å²) in [6.45, 7) is 5.73. The SMILES string of the molecule is CCC1(CC)C(=O)NC(=O)N(CCc2csc(C)n2)C1=O. The molecular weight excluding hydrogens is 290 g/mol. The first-order valence-corrected chi connectivity index (χ1v) is 7.91. The van der Waals surface area contributed by atoms with Crippen molar-refractivity contribution in [3.8, 4) is 0 Å². The lowest BCUT2D eigenvalue weighted by molar-refractivity contribution is -0.152. The molecule has 0 radical (unpaired) electrons. The zero-order chi connectivity index (χ0) is 15.6. The number of nitrogens with zero attached hydrogens (tertiary/aromatic N) is 2. The molecule has 21 heavy (non-hydrogen) atoms. The Kier molecular flexibility index (Phi) is 4.41. The molecule has 1 aliphatic rings. The summed E-state index contributed by atoms with van der Waals surface area (Å²) in [5, 5.41) is 5.17. The molecule has 0 aliphatic carbocycles. The topological polar surface area (TPSA) is 79.4 Å². The molecule has 1 saturated heterocycles. The van der Waals surface area contributed by atoms with Crippen molar-refractivity contribution >= 4 is 29.2 Å². The van der Waals surface area contributed by atoms with Gasteiger partial charge in [-0.15, -0.1) is 11.3 Å². The Balaban J connectivity index is 2.16. The molecule has 4 amide bonds. The van der Waals surface area contributed by atoms with Crippen LogP contribution in [0.25, 0.3) is 0 Å². The zero-order valence-electron chi connectivity index (χ0n) is 12.4. The largest absolute Gasteiger partial charge is 0.330 e. The van der Waals surface area contributed by atoms with E-state index in [-0.39, 0.29) is 6.54 Å². The van der Waals surface area contributed by atoms with Gasteiger partial charge < -0.3 is 0 Å². The third-order valence-electron chi connectivity index (χ3n) is 4.02. The highest BCUT2D eigenvalue weighted by Crippen LogP contribution is 2.32. The number of urea groups is 1. The van der Waals surface area contributed by atoms with E-state index >= 15 is 0 Å². The van der Waals surface area contributed by atoms with Gasteiger partial charge in [-0.3, -0.25) is 19.8 Å². The summed E-state index contributed by atoms with van der Waals surface area (Å²) in [4.78, 5) is 42.0. The molecule has 1 N–H and O–H groups in total. The average molecular weight is 309 g/mol. The Bertz CT molecular complexity index is 578. The van der Waals surface area contributed by atoms with Crippen LogP contribution in [0.3, 0.4) is 0 Å². The van der Waals surface area contributed by atoms with Crippen LogP contribution in [0.15, 0.2) is 5.38 Å². The second-order valence-electron chi connectivity index (χ2n) is 5.11. The van der Waals surface area contributed by atoms with Crippen LogP contribution in [-0.2, 0) is 16.0 Å². The Morgan fingerprint density at radius 1 is 1.29 bits per heavy atom. The van der Waals surface area contributed by atoms with Crippen LogP contribution in [0, 0.1) is 12.3 Å². The number of rotatable bonds is 5. The van der Waals surface area contributed by atoms with Gasteiger partial charge >= 0.3 is 6.03 Å². The van der Waals surface area contributed by atoms with Crippen LogP contribution in [0.5, 0.6) is 0 Å². The standard InChI is InChI=1S/C14H19N3O3S/c1-4-14(5-2)11(18)16-13(20)17(12(14)19)7-6-10-8-21-9(3)15-10/h8H,4-7H2,1-3H3,(H,16,18,20). The Labute approximate surface area is 127 Å². The number of imide groups is 2. The van der Waals surface area contributed by atoms with Gasteiger partial charge in [0.05, 0.1) is 10.7 Å². The molecule has 6 nitrogen and oxygen atoms in total. The number of carbonyl (C=O) groups is 3. The zero-order valence-corrected chi connectivity index (χ0v) is 13.2. The van der Waals surface area contributed by atoms with Gasteiger partial charge in [0.15, 0.2) is 0 Å². The highest BCUT2D eigenvalue weighted by molar-refractivity contribution is 7.09. The molecule has 1 aromatic rings. The summed E-state index contributed by atoms with van der Waals surface area (Å²) >= 11 is 1.53. The fraction of sp³-hybridized carbons (Fsp3) is 0.571. The van der Waals surface area contributed by atoms with E-state index in [4.69, 9.17) is 0 Å². The molecule has 0 spiro atoms. The number of thiazole rings is 1. The first kappa shape index (κ1) is 15.6. The van der Waals surface area contributed by atoms with Crippen molar-refractivity contribution in [3.63, 3.8) is 0 Å². The number of carbonyl (C=O) groups excluding carboxylic acids is 3. The Morgan fingerprint density at radius 3 is 2.48 bits per heavy atom. The molecule has 0 bridgehead atoms. The molecule has 1 aliphatic heterocycles. The van der Waals surface area contributed by atoms with Gasteiger partial charge in [-0.05, 0) is 19.8 Å². The predicted octanol–water partition coefficient (Wildman–Crippen LogP) is 1.88. The molecule has 2 rings (SSSR count). The molecule has 0 atom stereocenters. The minimum absolute atomic E-state index is 0.239. The van der Waals surface area contributed by atoms with Gasteiger partial charge in [-0.2, -0.15) is 0 Å². The summed E-state index contributed by atoms with van der Waals surface area (Å²) in [5.74, 6) is -0.878. The molecule has 0 unspecified atom stereocenters. The molecular formula is C14H19N3O3S.